The van der Waals surface area contributed by atoms with E-state index in [9.17, 15) is 0 Å². The van der Waals surface area contributed by atoms with E-state index in [1.807, 2.05) is 30.3 Å². The van der Waals surface area contributed by atoms with E-state index >= 15 is 0 Å². The van der Waals surface area contributed by atoms with Crippen molar-refractivity contribution in [1.82, 2.24) is 4.90 Å². The van der Waals surface area contributed by atoms with Gasteiger partial charge in [0, 0.05) is 23.0 Å². The fourth-order valence-electron chi connectivity index (χ4n) is 2.80. The van der Waals surface area contributed by atoms with Gasteiger partial charge in [0.05, 0.1) is 0 Å². The Morgan fingerprint density at radius 3 is 2.75 bits per heavy atom. The van der Waals surface area contributed by atoms with Gasteiger partial charge in [-0.3, -0.25) is 0 Å². The molecule has 2 nitrogen and oxygen atoms in total. The highest BCUT2D eigenvalue weighted by molar-refractivity contribution is 6.30. The molecule has 1 aliphatic rings. The molecule has 0 unspecified atom stereocenters. The van der Waals surface area contributed by atoms with Crippen LogP contribution in [0.5, 0.6) is 11.5 Å². The summed E-state index contributed by atoms with van der Waals surface area (Å²) in [6.07, 6.45) is 0.974. The molecule has 2 aromatic rings. The van der Waals surface area contributed by atoms with Gasteiger partial charge in [0.25, 0.3) is 0 Å². The van der Waals surface area contributed by atoms with Crippen LogP contribution in [0.15, 0.2) is 42.5 Å². The smallest absolute Gasteiger partial charge is 0.131 e. The summed E-state index contributed by atoms with van der Waals surface area (Å²) in [5.41, 5.74) is 2.45. The standard InChI is InChI=1S/C17H18ClNO/c1-19(2)11-13-9-12-5-3-4-6-16(12)20-17-8-7-14(18)10-15(13)17/h3-8,10,13H,9,11H2,1-2H3/t13-/m0/s1. The zero-order valence-corrected chi connectivity index (χ0v) is 12.5. The molecule has 0 fully saturated rings. The van der Waals surface area contributed by atoms with E-state index in [4.69, 9.17) is 16.3 Å². The second-order valence-electron chi connectivity index (χ2n) is 5.56. The minimum absolute atomic E-state index is 0.391. The van der Waals surface area contributed by atoms with Crippen LogP contribution in [0.3, 0.4) is 0 Å². The number of hydrogen-bond acceptors (Lipinski definition) is 2. The van der Waals surface area contributed by atoms with Gasteiger partial charge in [0.1, 0.15) is 11.5 Å². The van der Waals surface area contributed by atoms with Crippen LogP contribution in [0.1, 0.15) is 17.0 Å². The quantitative estimate of drug-likeness (QED) is 0.815. The molecule has 1 heterocycles. The normalized spacial score (nSPS) is 17.1. The molecular formula is C17H18ClNO. The molecule has 0 aliphatic carbocycles. The maximum atomic E-state index is 6.17. The molecule has 3 heteroatoms. The first-order chi connectivity index (χ1) is 9.63. The monoisotopic (exact) mass is 287 g/mol. The van der Waals surface area contributed by atoms with E-state index in [0.717, 1.165) is 29.5 Å². The Morgan fingerprint density at radius 2 is 1.95 bits per heavy atom. The lowest BCUT2D eigenvalue weighted by Gasteiger charge is -2.21. The molecule has 0 bridgehead atoms. The third kappa shape index (κ3) is 2.67. The van der Waals surface area contributed by atoms with E-state index in [-0.39, 0.29) is 0 Å². The van der Waals surface area contributed by atoms with Gasteiger partial charge in [-0.1, -0.05) is 29.8 Å². The van der Waals surface area contributed by atoms with E-state index in [1.54, 1.807) is 0 Å². The highest BCUT2D eigenvalue weighted by atomic mass is 35.5. The summed E-state index contributed by atoms with van der Waals surface area (Å²) < 4.78 is 6.09. The number of rotatable bonds is 2. The van der Waals surface area contributed by atoms with Crippen LogP contribution in [-0.4, -0.2) is 25.5 Å². The zero-order chi connectivity index (χ0) is 14.1. The predicted molar refractivity (Wildman–Crippen MR) is 83.0 cm³/mol. The number of para-hydroxylation sites is 1. The van der Waals surface area contributed by atoms with Crippen LogP contribution < -0.4 is 4.74 Å². The van der Waals surface area contributed by atoms with Crippen molar-refractivity contribution in [3.05, 3.63) is 58.6 Å². The fraction of sp³-hybridized carbons (Fsp3) is 0.294. The predicted octanol–water partition coefficient (Wildman–Crippen LogP) is 4.33. The number of likely N-dealkylation sites (N-methyl/N-ethyl adjacent to an activating group) is 1. The summed E-state index contributed by atoms with van der Waals surface area (Å²) in [4.78, 5) is 2.21. The molecule has 0 N–H and O–H groups in total. The van der Waals surface area contributed by atoms with Crippen molar-refractivity contribution in [1.29, 1.82) is 0 Å². The lowest BCUT2D eigenvalue weighted by molar-refractivity contribution is 0.371. The van der Waals surface area contributed by atoms with Crippen molar-refractivity contribution < 1.29 is 4.74 Å². The number of benzene rings is 2. The second-order valence-corrected chi connectivity index (χ2v) is 5.99. The number of nitrogens with zero attached hydrogens (tertiary/aromatic N) is 1. The zero-order valence-electron chi connectivity index (χ0n) is 11.8. The average molecular weight is 288 g/mol. The fourth-order valence-corrected chi connectivity index (χ4v) is 2.98. The molecule has 104 valence electrons. The molecule has 0 saturated heterocycles. The SMILES string of the molecule is CN(C)C[C@@H]1Cc2ccccc2Oc2ccc(Cl)cc21. The molecule has 0 aromatic heterocycles. The van der Waals surface area contributed by atoms with Crippen molar-refractivity contribution in [3.8, 4) is 11.5 Å². The minimum atomic E-state index is 0.391. The summed E-state index contributed by atoms with van der Waals surface area (Å²) >= 11 is 6.17. The van der Waals surface area contributed by atoms with Gasteiger partial charge in [0.15, 0.2) is 0 Å². The third-order valence-corrected chi connectivity index (χ3v) is 3.89. The first-order valence-electron chi connectivity index (χ1n) is 6.83. The Labute approximate surface area is 124 Å². The molecule has 0 spiro atoms. The maximum absolute atomic E-state index is 6.17. The van der Waals surface area contributed by atoms with Crippen molar-refractivity contribution in [3.63, 3.8) is 0 Å². The van der Waals surface area contributed by atoms with Crippen LogP contribution in [0.4, 0.5) is 0 Å². The number of fused-ring (bicyclic) bond motifs is 2. The van der Waals surface area contributed by atoms with Gasteiger partial charge in [-0.05, 0) is 50.3 Å². The van der Waals surface area contributed by atoms with E-state index in [0.29, 0.717) is 5.92 Å². The third-order valence-electron chi connectivity index (χ3n) is 3.66. The summed E-state index contributed by atoms with van der Waals surface area (Å²) in [7, 11) is 4.20. The van der Waals surface area contributed by atoms with E-state index < -0.39 is 0 Å². The minimum Gasteiger partial charge on any atom is -0.457 e. The lowest BCUT2D eigenvalue weighted by Crippen LogP contribution is -2.21. The van der Waals surface area contributed by atoms with Crippen LogP contribution in [0.2, 0.25) is 5.02 Å². The molecule has 20 heavy (non-hydrogen) atoms. The van der Waals surface area contributed by atoms with Gasteiger partial charge >= 0.3 is 0 Å². The maximum Gasteiger partial charge on any atom is 0.131 e. The van der Waals surface area contributed by atoms with Crippen molar-refractivity contribution >= 4 is 11.6 Å². The second kappa shape index (κ2) is 5.47. The van der Waals surface area contributed by atoms with Gasteiger partial charge < -0.3 is 9.64 Å². The summed E-state index contributed by atoms with van der Waals surface area (Å²) in [6, 6.07) is 14.2. The molecule has 0 saturated carbocycles. The lowest BCUT2D eigenvalue weighted by atomic mass is 9.91. The molecular weight excluding hydrogens is 270 g/mol. The highest BCUT2D eigenvalue weighted by Crippen LogP contribution is 2.40. The summed E-state index contributed by atoms with van der Waals surface area (Å²) in [6.45, 7) is 0.977. The van der Waals surface area contributed by atoms with Crippen LogP contribution in [0, 0.1) is 0 Å². The number of hydrogen-bond donors (Lipinski definition) is 0. The van der Waals surface area contributed by atoms with Gasteiger partial charge in [-0.2, -0.15) is 0 Å². The van der Waals surface area contributed by atoms with Gasteiger partial charge in [-0.25, -0.2) is 0 Å². The Balaban J connectivity index is 2.08. The Hall–Kier alpha value is -1.51. The van der Waals surface area contributed by atoms with E-state index in [2.05, 4.69) is 31.1 Å². The highest BCUT2D eigenvalue weighted by Gasteiger charge is 2.24. The van der Waals surface area contributed by atoms with E-state index in [1.165, 1.54) is 11.1 Å². The van der Waals surface area contributed by atoms with Gasteiger partial charge in [0.2, 0.25) is 0 Å². The first-order valence-corrected chi connectivity index (χ1v) is 7.21. The van der Waals surface area contributed by atoms with Crippen molar-refractivity contribution in [2.24, 2.45) is 0 Å². The average Bonchev–Trinajstić information content (AvgIpc) is 2.55. The largest absolute Gasteiger partial charge is 0.457 e. The Morgan fingerprint density at radius 1 is 1.15 bits per heavy atom. The van der Waals surface area contributed by atoms with Crippen molar-refractivity contribution in [2.45, 2.75) is 12.3 Å². The molecule has 1 aliphatic heterocycles. The first kappa shape index (κ1) is 13.5. The molecule has 1 atom stereocenters. The molecule has 3 rings (SSSR count). The van der Waals surface area contributed by atoms with Crippen molar-refractivity contribution in [2.75, 3.05) is 20.6 Å². The summed E-state index contributed by atoms with van der Waals surface area (Å²) in [5, 5.41) is 0.766. The molecule has 0 amide bonds. The topological polar surface area (TPSA) is 12.5 Å². The van der Waals surface area contributed by atoms with Gasteiger partial charge in [-0.15, -0.1) is 0 Å². The van der Waals surface area contributed by atoms with Crippen LogP contribution >= 0.6 is 11.6 Å². The Bertz CT molecular complexity index is 624. The summed E-state index contributed by atoms with van der Waals surface area (Å²) in [5.74, 6) is 2.27. The van der Waals surface area contributed by atoms with Crippen LogP contribution in [0.25, 0.3) is 0 Å². The molecule has 2 aromatic carbocycles. The molecule has 0 radical (unpaired) electrons. The van der Waals surface area contributed by atoms with Crippen LogP contribution in [-0.2, 0) is 6.42 Å². The number of ether oxygens (including phenoxy) is 1. The number of halogens is 1. The Kier molecular flexibility index (Phi) is 3.68.